The van der Waals surface area contributed by atoms with Crippen molar-refractivity contribution in [2.24, 2.45) is 0 Å². The Kier molecular flexibility index (Phi) is 5.25. The number of carboxylic acid groups (broad SMARTS) is 1. The first-order chi connectivity index (χ1) is 10.0. The van der Waals surface area contributed by atoms with Crippen molar-refractivity contribution in [3.05, 3.63) is 23.8 Å². The predicted octanol–water partition coefficient (Wildman–Crippen LogP) is 3.12. The van der Waals surface area contributed by atoms with E-state index in [1.807, 2.05) is 12.1 Å². The van der Waals surface area contributed by atoms with E-state index in [1.54, 1.807) is 7.11 Å². The van der Waals surface area contributed by atoms with E-state index < -0.39 is 5.97 Å². The minimum atomic E-state index is -0.833. The molecule has 0 amide bonds. The molecule has 0 aliphatic heterocycles. The standard InChI is InChI=1S/C15H20N2O3S/c1-10-5-4-6-12-14(10)17(11(2)7-8-20-3)15(16-12)21-9-13(18)19/h4-6,11H,7-9H2,1-3H3,(H,18,19). The summed E-state index contributed by atoms with van der Waals surface area (Å²) in [4.78, 5) is 15.4. The van der Waals surface area contributed by atoms with Crippen molar-refractivity contribution >= 4 is 28.8 Å². The Morgan fingerprint density at radius 2 is 2.29 bits per heavy atom. The number of hydrogen-bond donors (Lipinski definition) is 1. The summed E-state index contributed by atoms with van der Waals surface area (Å²) < 4.78 is 7.29. The minimum absolute atomic E-state index is 0.0133. The van der Waals surface area contributed by atoms with Crippen LogP contribution in [0.3, 0.4) is 0 Å². The Morgan fingerprint density at radius 3 is 2.95 bits per heavy atom. The summed E-state index contributed by atoms with van der Waals surface area (Å²) in [7, 11) is 1.68. The molecule has 0 saturated carbocycles. The molecule has 1 aromatic carbocycles. The summed E-state index contributed by atoms with van der Waals surface area (Å²) in [5, 5.41) is 9.65. The minimum Gasteiger partial charge on any atom is -0.481 e. The summed E-state index contributed by atoms with van der Waals surface area (Å²) in [6.45, 7) is 4.82. The summed E-state index contributed by atoms with van der Waals surface area (Å²) >= 11 is 1.26. The Bertz CT molecular complexity index is 639. The van der Waals surface area contributed by atoms with E-state index in [1.165, 1.54) is 11.8 Å². The first-order valence-corrected chi connectivity index (χ1v) is 7.84. The third-order valence-electron chi connectivity index (χ3n) is 3.38. The van der Waals surface area contributed by atoms with Crippen LogP contribution in [0.25, 0.3) is 11.0 Å². The van der Waals surface area contributed by atoms with Gasteiger partial charge in [-0.25, -0.2) is 4.98 Å². The van der Waals surface area contributed by atoms with Crippen LogP contribution >= 0.6 is 11.8 Å². The van der Waals surface area contributed by atoms with Gasteiger partial charge in [0.25, 0.3) is 0 Å². The molecule has 1 heterocycles. The molecular formula is C15H20N2O3S. The number of carboxylic acids is 1. The number of imidazole rings is 1. The average molecular weight is 308 g/mol. The molecule has 1 atom stereocenters. The summed E-state index contributed by atoms with van der Waals surface area (Å²) in [6, 6.07) is 6.19. The van der Waals surface area contributed by atoms with Crippen LogP contribution in [0, 0.1) is 6.92 Å². The number of thioether (sulfide) groups is 1. The SMILES string of the molecule is COCCC(C)n1c(SCC(=O)O)nc2cccc(C)c21. The first kappa shape index (κ1) is 15.9. The highest BCUT2D eigenvalue weighted by Crippen LogP contribution is 2.30. The van der Waals surface area contributed by atoms with Crippen LogP contribution in [0.4, 0.5) is 0 Å². The van der Waals surface area contributed by atoms with Gasteiger partial charge in [-0.05, 0) is 31.9 Å². The zero-order chi connectivity index (χ0) is 15.4. The topological polar surface area (TPSA) is 64.3 Å². The van der Waals surface area contributed by atoms with Gasteiger partial charge in [0.15, 0.2) is 5.16 Å². The largest absolute Gasteiger partial charge is 0.481 e. The third kappa shape index (κ3) is 3.57. The highest BCUT2D eigenvalue weighted by molar-refractivity contribution is 7.99. The van der Waals surface area contributed by atoms with E-state index in [-0.39, 0.29) is 11.8 Å². The molecule has 21 heavy (non-hydrogen) atoms. The molecule has 0 saturated heterocycles. The molecular weight excluding hydrogens is 288 g/mol. The van der Waals surface area contributed by atoms with Gasteiger partial charge in [-0.1, -0.05) is 23.9 Å². The van der Waals surface area contributed by atoms with Gasteiger partial charge in [0.05, 0.1) is 16.8 Å². The lowest BCUT2D eigenvalue weighted by Gasteiger charge is -2.17. The third-order valence-corrected chi connectivity index (χ3v) is 4.32. The number of aryl methyl sites for hydroxylation is 1. The Hall–Kier alpha value is -1.53. The molecule has 0 spiro atoms. The molecule has 0 aliphatic rings. The van der Waals surface area contributed by atoms with Gasteiger partial charge in [-0.2, -0.15) is 0 Å². The Labute approximate surface area is 128 Å². The van der Waals surface area contributed by atoms with Crippen molar-refractivity contribution in [1.29, 1.82) is 0 Å². The van der Waals surface area contributed by atoms with Crippen LogP contribution in [-0.4, -0.2) is 40.1 Å². The number of hydrogen-bond acceptors (Lipinski definition) is 4. The van der Waals surface area contributed by atoms with Crippen molar-refractivity contribution in [3.8, 4) is 0 Å². The number of ether oxygens (including phenoxy) is 1. The Balaban J connectivity index is 2.45. The fourth-order valence-corrected chi connectivity index (χ4v) is 3.18. The number of nitrogens with zero attached hydrogens (tertiary/aromatic N) is 2. The predicted molar refractivity (Wildman–Crippen MR) is 84.0 cm³/mol. The molecule has 1 unspecified atom stereocenters. The van der Waals surface area contributed by atoms with E-state index in [9.17, 15) is 4.79 Å². The Morgan fingerprint density at radius 1 is 1.52 bits per heavy atom. The first-order valence-electron chi connectivity index (χ1n) is 6.85. The maximum atomic E-state index is 10.8. The fraction of sp³-hybridized carbons (Fsp3) is 0.467. The lowest BCUT2D eigenvalue weighted by atomic mass is 10.2. The van der Waals surface area contributed by atoms with Gasteiger partial charge in [0.1, 0.15) is 0 Å². The van der Waals surface area contributed by atoms with E-state index in [0.29, 0.717) is 6.61 Å². The van der Waals surface area contributed by atoms with Crippen LogP contribution in [0.5, 0.6) is 0 Å². The van der Waals surface area contributed by atoms with Gasteiger partial charge < -0.3 is 14.4 Å². The molecule has 2 aromatic rings. The number of aliphatic carboxylic acids is 1. The number of para-hydroxylation sites is 1. The fourth-order valence-electron chi connectivity index (χ4n) is 2.35. The number of benzene rings is 1. The summed E-state index contributed by atoms with van der Waals surface area (Å²) in [5.41, 5.74) is 3.13. The van der Waals surface area contributed by atoms with E-state index in [2.05, 4.69) is 29.5 Å². The van der Waals surface area contributed by atoms with Crippen molar-refractivity contribution in [3.63, 3.8) is 0 Å². The van der Waals surface area contributed by atoms with Crippen LogP contribution in [-0.2, 0) is 9.53 Å². The van der Waals surface area contributed by atoms with Gasteiger partial charge in [-0.15, -0.1) is 0 Å². The van der Waals surface area contributed by atoms with Crippen LogP contribution in [0.15, 0.2) is 23.4 Å². The molecule has 1 N–H and O–H groups in total. The molecule has 6 heteroatoms. The van der Waals surface area contributed by atoms with Crippen molar-refractivity contribution in [2.45, 2.75) is 31.5 Å². The smallest absolute Gasteiger partial charge is 0.313 e. The lowest BCUT2D eigenvalue weighted by molar-refractivity contribution is -0.133. The quantitative estimate of drug-likeness (QED) is 0.796. The highest BCUT2D eigenvalue weighted by atomic mass is 32.2. The van der Waals surface area contributed by atoms with Gasteiger partial charge in [0.2, 0.25) is 0 Å². The normalized spacial score (nSPS) is 12.7. The van der Waals surface area contributed by atoms with Crippen LogP contribution in [0.1, 0.15) is 24.9 Å². The highest BCUT2D eigenvalue weighted by Gasteiger charge is 2.18. The molecule has 0 bridgehead atoms. The zero-order valence-electron chi connectivity index (χ0n) is 12.5. The monoisotopic (exact) mass is 308 g/mol. The summed E-state index contributed by atoms with van der Waals surface area (Å²) in [5.74, 6) is -0.820. The van der Waals surface area contributed by atoms with Crippen molar-refractivity contribution < 1.29 is 14.6 Å². The molecule has 2 rings (SSSR count). The number of methoxy groups -OCH3 is 1. The molecule has 0 aliphatic carbocycles. The van der Waals surface area contributed by atoms with E-state index >= 15 is 0 Å². The second-order valence-corrected chi connectivity index (χ2v) is 5.96. The van der Waals surface area contributed by atoms with E-state index in [0.717, 1.165) is 28.2 Å². The second kappa shape index (κ2) is 6.95. The zero-order valence-corrected chi connectivity index (χ0v) is 13.3. The average Bonchev–Trinajstić information content (AvgIpc) is 2.82. The van der Waals surface area contributed by atoms with Crippen molar-refractivity contribution in [1.82, 2.24) is 9.55 Å². The molecule has 0 fully saturated rings. The van der Waals surface area contributed by atoms with Crippen LogP contribution < -0.4 is 0 Å². The number of aromatic nitrogens is 2. The molecule has 5 nitrogen and oxygen atoms in total. The molecule has 0 radical (unpaired) electrons. The molecule has 114 valence electrons. The van der Waals surface area contributed by atoms with Gasteiger partial charge >= 0.3 is 5.97 Å². The maximum absolute atomic E-state index is 10.8. The lowest BCUT2D eigenvalue weighted by Crippen LogP contribution is -2.10. The summed E-state index contributed by atoms with van der Waals surface area (Å²) in [6.07, 6.45) is 0.858. The van der Waals surface area contributed by atoms with Gasteiger partial charge in [-0.3, -0.25) is 4.79 Å². The van der Waals surface area contributed by atoms with Crippen LogP contribution in [0.2, 0.25) is 0 Å². The second-order valence-electron chi connectivity index (χ2n) is 5.02. The maximum Gasteiger partial charge on any atom is 0.313 e. The van der Waals surface area contributed by atoms with E-state index in [4.69, 9.17) is 9.84 Å². The number of carbonyl (C=O) groups is 1. The van der Waals surface area contributed by atoms with Gasteiger partial charge in [0, 0.05) is 19.8 Å². The van der Waals surface area contributed by atoms with Crippen molar-refractivity contribution in [2.75, 3.05) is 19.5 Å². The number of fused-ring (bicyclic) bond motifs is 1. The molecule has 1 aromatic heterocycles. The number of rotatable bonds is 7.